The molecule has 0 aliphatic carbocycles. The highest BCUT2D eigenvalue weighted by molar-refractivity contribution is 5.91. The molecule has 6 nitrogen and oxygen atoms in total. The third-order valence-corrected chi connectivity index (χ3v) is 4.20. The van der Waals surface area contributed by atoms with Crippen molar-refractivity contribution in [1.29, 1.82) is 0 Å². The lowest BCUT2D eigenvalue weighted by atomic mass is 10.0. The molecule has 1 aliphatic heterocycles. The Hall–Kier alpha value is -1.95. The van der Waals surface area contributed by atoms with Crippen LogP contribution in [-0.4, -0.2) is 47.4 Å². The van der Waals surface area contributed by atoms with Crippen LogP contribution in [0.15, 0.2) is 24.5 Å². The summed E-state index contributed by atoms with van der Waals surface area (Å²) in [6, 6.07) is 4.04. The van der Waals surface area contributed by atoms with Crippen molar-refractivity contribution in [2.45, 2.75) is 45.1 Å². The Kier molecular flexibility index (Phi) is 7.00. The maximum absolute atomic E-state index is 11.9. The molecule has 0 spiro atoms. The summed E-state index contributed by atoms with van der Waals surface area (Å²) >= 11 is 0. The van der Waals surface area contributed by atoms with Crippen molar-refractivity contribution in [3.63, 3.8) is 0 Å². The van der Waals surface area contributed by atoms with Crippen LogP contribution < -0.4 is 10.6 Å². The molecule has 1 aliphatic rings. The number of anilines is 1. The van der Waals surface area contributed by atoms with Gasteiger partial charge in [-0.2, -0.15) is 0 Å². The number of hydrogen-bond acceptors (Lipinski definition) is 4. The molecule has 1 saturated heterocycles. The van der Waals surface area contributed by atoms with Crippen LogP contribution in [0.1, 0.15) is 39.0 Å². The van der Waals surface area contributed by atoms with E-state index in [1.54, 1.807) is 24.5 Å². The molecule has 1 atom stereocenters. The van der Waals surface area contributed by atoms with E-state index in [0.29, 0.717) is 19.0 Å². The van der Waals surface area contributed by atoms with Gasteiger partial charge in [0.05, 0.1) is 0 Å². The minimum Gasteiger partial charge on any atom is -0.356 e. The molecule has 2 amide bonds. The summed E-state index contributed by atoms with van der Waals surface area (Å²) in [5, 5.41) is 5.58. The number of piperidine rings is 1. The topological polar surface area (TPSA) is 74.3 Å². The number of likely N-dealkylation sites (tertiary alicyclic amines) is 1. The van der Waals surface area contributed by atoms with Crippen LogP contribution in [0, 0.1) is 0 Å². The summed E-state index contributed by atoms with van der Waals surface area (Å²) in [5.74, 6) is -0.0966. The molecule has 2 rings (SSSR count). The van der Waals surface area contributed by atoms with E-state index in [4.69, 9.17) is 0 Å². The summed E-state index contributed by atoms with van der Waals surface area (Å²) in [5.41, 5.74) is 0.718. The van der Waals surface area contributed by atoms with Gasteiger partial charge in [-0.3, -0.25) is 14.6 Å². The lowest BCUT2D eigenvalue weighted by molar-refractivity contribution is -0.121. The third-order valence-electron chi connectivity index (χ3n) is 4.20. The second-order valence-electron chi connectivity index (χ2n) is 6.01. The quantitative estimate of drug-likeness (QED) is 0.804. The van der Waals surface area contributed by atoms with Gasteiger partial charge in [-0.25, -0.2) is 0 Å². The van der Waals surface area contributed by atoms with E-state index >= 15 is 0 Å². The summed E-state index contributed by atoms with van der Waals surface area (Å²) in [7, 11) is 0. The predicted octanol–water partition coefficient (Wildman–Crippen LogP) is 1.79. The normalized spacial score (nSPS) is 18.4. The maximum atomic E-state index is 11.9. The van der Waals surface area contributed by atoms with Gasteiger partial charge in [-0.05, 0) is 38.4 Å². The van der Waals surface area contributed by atoms with Gasteiger partial charge < -0.3 is 15.5 Å². The first-order chi connectivity index (χ1) is 11.1. The maximum Gasteiger partial charge on any atom is 0.226 e. The molecular formula is C17H26N4O2. The Morgan fingerprint density at radius 2 is 2.00 bits per heavy atom. The molecule has 6 heteroatoms. The summed E-state index contributed by atoms with van der Waals surface area (Å²) in [4.78, 5) is 29.9. The molecule has 2 heterocycles. The molecule has 126 valence electrons. The smallest absolute Gasteiger partial charge is 0.226 e. The van der Waals surface area contributed by atoms with Crippen LogP contribution in [-0.2, 0) is 9.59 Å². The average Bonchev–Trinajstić information content (AvgIpc) is 2.55. The molecule has 1 aromatic rings. The minimum absolute atomic E-state index is 0.0134. The van der Waals surface area contributed by atoms with Crippen molar-refractivity contribution >= 4 is 17.5 Å². The number of aromatic nitrogens is 1. The molecular weight excluding hydrogens is 292 g/mol. The molecule has 0 radical (unpaired) electrons. The number of nitrogens with zero attached hydrogens (tertiary/aromatic N) is 2. The Morgan fingerprint density at radius 1 is 1.22 bits per heavy atom. The fourth-order valence-corrected chi connectivity index (χ4v) is 2.80. The van der Waals surface area contributed by atoms with Crippen LogP contribution in [0.5, 0.6) is 0 Å². The van der Waals surface area contributed by atoms with Gasteiger partial charge >= 0.3 is 0 Å². The monoisotopic (exact) mass is 318 g/mol. The average molecular weight is 318 g/mol. The van der Waals surface area contributed by atoms with Crippen molar-refractivity contribution in [2.24, 2.45) is 0 Å². The van der Waals surface area contributed by atoms with Gasteiger partial charge in [-0.1, -0.05) is 6.42 Å². The van der Waals surface area contributed by atoms with Gasteiger partial charge in [-0.15, -0.1) is 0 Å². The fraction of sp³-hybridized carbons (Fsp3) is 0.588. The first kappa shape index (κ1) is 17.4. The molecule has 1 unspecified atom stereocenters. The molecule has 0 saturated carbocycles. The molecule has 0 aromatic carbocycles. The van der Waals surface area contributed by atoms with Crippen LogP contribution in [0.4, 0.5) is 5.69 Å². The van der Waals surface area contributed by atoms with Crippen molar-refractivity contribution in [3.05, 3.63) is 24.5 Å². The van der Waals surface area contributed by atoms with Crippen molar-refractivity contribution in [1.82, 2.24) is 15.2 Å². The largest absolute Gasteiger partial charge is 0.356 e. The number of nitrogens with one attached hydrogen (secondary N) is 2. The van der Waals surface area contributed by atoms with Crippen molar-refractivity contribution in [3.8, 4) is 0 Å². The highest BCUT2D eigenvalue weighted by Crippen LogP contribution is 2.16. The zero-order valence-corrected chi connectivity index (χ0v) is 13.8. The SMILES string of the molecule is CC1CCCCN1CCC(=O)NCCC(=O)Nc1ccncc1. The van der Waals surface area contributed by atoms with E-state index in [0.717, 1.165) is 18.8 Å². The van der Waals surface area contributed by atoms with Gasteiger partial charge in [0, 0.05) is 50.1 Å². The summed E-state index contributed by atoms with van der Waals surface area (Å²) in [6.45, 7) is 4.48. The Labute approximate surface area is 137 Å². The summed E-state index contributed by atoms with van der Waals surface area (Å²) < 4.78 is 0. The van der Waals surface area contributed by atoms with E-state index in [2.05, 4.69) is 27.4 Å². The van der Waals surface area contributed by atoms with Gasteiger partial charge in [0.15, 0.2) is 0 Å². The summed E-state index contributed by atoms with van der Waals surface area (Å²) in [6.07, 6.45) is 7.75. The van der Waals surface area contributed by atoms with Crippen LogP contribution in [0.2, 0.25) is 0 Å². The molecule has 0 bridgehead atoms. The Bertz CT molecular complexity index is 507. The van der Waals surface area contributed by atoms with Gasteiger partial charge in [0.2, 0.25) is 11.8 Å². The zero-order valence-electron chi connectivity index (χ0n) is 13.8. The number of carbonyl (C=O) groups is 2. The molecule has 1 aromatic heterocycles. The lowest BCUT2D eigenvalue weighted by Gasteiger charge is -2.33. The van der Waals surface area contributed by atoms with E-state index in [9.17, 15) is 9.59 Å². The standard InChI is InChI=1S/C17H26N4O2/c1-14-4-2-3-12-21(14)13-8-16(22)19-11-7-17(23)20-15-5-9-18-10-6-15/h5-6,9-10,14H,2-4,7-8,11-13H2,1H3,(H,19,22)(H,18,20,23). The number of rotatable bonds is 7. The first-order valence-corrected chi connectivity index (χ1v) is 8.36. The molecule has 1 fully saturated rings. The van der Waals surface area contributed by atoms with Gasteiger partial charge in [0.1, 0.15) is 0 Å². The highest BCUT2D eigenvalue weighted by atomic mass is 16.2. The van der Waals surface area contributed by atoms with Crippen LogP contribution in [0.3, 0.4) is 0 Å². The second kappa shape index (κ2) is 9.25. The predicted molar refractivity (Wildman–Crippen MR) is 90.0 cm³/mol. The Balaban J connectivity index is 1.58. The van der Waals surface area contributed by atoms with E-state index < -0.39 is 0 Å². The highest BCUT2D eigenvalue weighted by Gasteiger charge is 2.18. The third kappa shape index (κ3) is 6.36. The first-order valence-electron chi connectivity index (χ1n) is 8.36. The number of carbonyl (C=O) groups excluding carboxylic acids is 2. The zero-order chi connectivity index (χ0) is 16.5. The number of hydrogen-bond donors (Lipinski definition) is 2. The van der Waals surface area contributed by atoms with Crippen LogP contribution in [0.25, 0.3) is 0 Å². The molecule has 2 N–H and O–H groups in total. The lowest BCUT2D eigenvalue weighted by Crippen LogP contribution is -2.40. The van der Waals surface area contributed by atoms with E-state index in [1.807, 2.05) is 0 Å². The van der Waals surface area contributed by atoms with Gasteiger partial charge in [0.25, 0.3) is 0 Å². The minimum atomic E-state index is -0.110. The molecule has 23 heavy (non-hydrogen) atoms. The van der Waals surface area contributed by atoms with Crippen molar-refractivity contribution in [2.75, 3.05) is 25.0 Å². The second-order valence-corrected chi connectivity index (χ2v) is 6.01. The van der Waals surface area contributed by atoms with E-state index in [-0.39, 0.29) is 18.2 Å². The van der Waals surface area contributed by atoms with E-state index in [1.165, 1.54) is 19.3 Å². The number of pyridine rings is 1. The van der Waals surface area contributed by atoms with Crippen LogP contribution >= 0.6 is 0 Å². The van der Waals surface area contributed by atoms with Crippen molar-refractivity contribution < 1.29 is 9.59 Å². The Morgan fingerprint density at radius 3 is 2.74 bits per heavy atom. The fourth-order valence-electron chi connectivity index (χ4n) is 2.80. The number of amides is 2.